The van der Waals surface area contributed by atoms with Crippen molar-refractivity contribution < 1.29 is 0 Å². The third-order valence-electron chi connectivity index (χ3n) is 13.2. The van der Waals surface area contributed by atoms with Gasteiger partial charge in [-0.3, -0.25) is 0 Å². The lowest BCUT2D eigenvalue weighted by molar-refractivity contribution is 0.568. The second-order valence-electron chi connectivity index (χ2n) is 22.1. The smallest absolute Gasteiger partial charge is 0.252 e. The van der Waals surface area contributed by atoms with Crippen LogP contribution in [0.1, 0.15) is 111 Å². The van der Waals surface area contributed by atoms with Crippen LogP contribution in [0.2, 0.25) is 0 Å². The van der Waals surface area contributed by atoms with E-state index in [1.807, 2.05) is 0 Å². The molecule has 3 heteroatoms. The van der Waals surface area contributed by atoms with E-state index in [2.05, 4.69) is 245 Å². The highest BCUT2D eigenvalue weighted by molar-refractivity contribution is 7.00. The van der Waals surface area contributed by atoms with Crippen LogP contribution in [0, 0.1) is 6.92 Å². The zero-order valence-electron chi connectivity index (χ0n) is 39.3. The molecule has 0 atom stereocenters. The van der Waals surface area contributed by atoms with E-state index >= 15 is 0 Å². The number of hydrogen-bond acceptors (Lipinski definition) is 2. The van der Waals surface area contributed by atoms with E-state index in [9.17, 15) is 0 Å². The quantitative estimate of drug-likeness (QED) is 0.163. The Morgan fingerprint density at radius 1 is 0.339 bits per heavy atom. The largest absolute Gasteiger partial charge is 0.311 e. The van der Waals surface area contributed by atoms with Crippen LogP contribution in [0.15, 0.2) is 146 Å². The minimum absolute atomic E-state index is 0.0218. The summed E-state index contributed by atoms with van der Waals surface area (Å²) in [5.41, 5.74) is 22.8. The number of benzene rings is 7. The lowest BCUT2D eigenvalue weighted by Gasteiger charge is -2.45. The molecule has 0 bridgehead atoms. The fourth-order valence-electron chi connectivity index (χ4n) is 9.52. The van der Waals surface area contributed by atoms with Gasteiger partial charge in [0, 0.05) is 34.1 Å². The molecular formula is C59H63BN2. The second kappa shape index (κ2) is 14.7. The fraction of sp³-hybridized carbons (Fsp3) is 0.288. The van der Waals surface area contributed by atoms with Crippen molar-refractivity contribution in [1.29, 1.82) is 0 Å². The fourth-order valence-corrected chi connectivity index (χ4v) is 9.52. The molecule has 0 fully saturated rings. The van der Waals surface area contributed by atoms with Gasteiger partial charge < -0.3 is 9.80 Å². The molecule has 2 aliphatic heterocycles. The van der Waals surface area contributed by atoms with Gasteiger partial charge in [0.15, 0.2) is 0 Å². The van der Waals surface area contributed by atoms with Crippen LogP contribution in [0.25, 0.3) is 22.3 Å². The number of anilines is 6. The third-order valence-corrected chi connectivity index (χ3v) is 13.2. The summed E-state index contributed by atoms with van der Waals surface area (Å²) in [6.07, 6.45) is 0. The molecule has 0 amide bonds. The van der Waals surface area contributed by atoms with Gasteiger partial charge in [0.25, 0.3) is 6.71 Å². The van der Waals surface area contributed by atoms with Crippen LogP contribution in [-0.2, 0) is 21.7 Å². The first-order valence-electron chi connectivity index (χ1n) is 22.6. The van der Waals surface area contributed by atoms with Crippen LogP contribution in [-0.4, -0.2) is 6.71 Å². The van der Waals surface area contributed by atoms with Crippen molar-refractivity contribution in [3.63, 3.8) is 0 Å². The minimum atomic E-state index is -0.0376. The first-order valence-corrected chi connectivity index (χ1v) is 22.6. The predicted molar refractivity (Wildman–Crippen MR) is 271 cm³/mol. The molecule has 0 saturated heterocycles. The molecule has 0 aromatic heterocycles. The van der Waals surface area contributed by atoms with Crippen LogP contribution >= 0.6 is 0 Å². The summed E-state index contributed by atoms with van der Waals surface area (Å²) in [6, 6.07) is 55.9. The van der Waals surface area contributed by atoms with Crippen molar-refractivity contribution >= 4 is 57.2 Å². The zero-order valence-corrected chi connectivity index (χ0v) is 39.3. The van der Waals surface area contributed by atoms with Crippen LogP contribution in [0.3, 0.4) is 0 Å². The Balaban J connectivity index is 1.41. The van der Waals surface area contributed by atoms with E-state index in [1.165, 1.54) is 101 Å². The molecule has 0 unspecified atom stereocenters. The van der Waals surface area contributed by atoms with Crippen molar-refractivity contribution in [3.8, 4) is 22.3 Å². The van der Waals surface area contributed by atoms with Gasteiger partial charge in [-0.15, -0.1) is 0 Å². The van der Waals surface area contributed by atoms with E-state index in [1.54, 1.807) is 0 Å². The van der Waals surface area contributed by atoms with Gasteiger partial charge in [0.05, 0.1) is 0 Å². The molecule has 0 N–H and O–H groups in total. The summed E-state index contributed by atoms with van der Waals surface area (Å²) < 4.78 is 0. The zero-order chi connectivity index (χ0) is 44.1. The average molecular weight is 811 g/mol. The number of fused-ring (bicyclic) bond motifs is 4. The Kier molecular flexibility index (Phi) is 9.82. The van der Waals surface area contributed by atoms with Gasteiger partial charge in [-0.05, 0) is 144 Å². The number of hydrogen-bond donors (Lipinski definition) is 0. The molecule has 9 rings (SSSR count). The van der Waals surface area contributed by atoms with Gasteiger partial charge in [-0.1, -0.05) is 180 Å². The van der Waals surface area contributed by atoms with Gasteiger partial charge in [0.2, 0.25) is 0 Å². The van der Waals surface area contributed by atoms with Crippen molar-refractivity contribution in [3.05, 3.63) is 173 Å². The van der Waals surface area contributed by atoms with Gasteiger partial charge in [-0.25, -0.2) is 0 Å². The molecule has 0 saturated carbocycles. The average Bonchev–Trinajstić information content (AvgIpc) is 3.22. The van der Waals surface area contributed by atoms with E-state index in [-0.39, 0.29) is 28.4 Å². The monoisotopic (exact) mass is 811 g/mol. The van der Waals surface area contributed by atoms with Gasteiger partial charge in [0.1, 0.15) is 0 Å². The van der Waals surface area contributed by atoms with Crippen molar-refractivity contribution in [2.75, 3.05) is 9.80 Å². The lowest BCUT2D eigenvalue weighted by Crippen LogP contribution is -2.61. The van der Waals surface area contributed by atoms with E-state index in [0.717, 1.165) is 0 Å². The Morgan fingerprint density at radius 2 is 0.677 bits per heavy atom. The molecule has 7 aromatic rings. The topological polar surface area (TPSA) is 6.48 Å². The maximum Gasteiger partial charge on any atom is 0.252 e. The highest BCUT2D eigenvalue weighted by atomic mass is 15.2. The highest BCUT2D eigenvalue weighted by Crippen LogP contribution is 2.48. The molecule has 0 radical (unpaired) electrons. The summed E-state index contributed by atoms with van der Waals surface area (Å²) in [5, 5.41) is 0. The third kappa shape index (κ3) is 7.38. The number of aryl methyl sites for hydroxylation is 1. The van der Waals surface area contributed by atoms with Gasteiger partial charge in [-0.2, -0.15) is 0 Å². The molecular weight excluding hydrogens is 747 g/mol. The Labute approximate surface area is 372 Å². The molecule has 2 heterocycles. The lowest BCUT2D eigenvalue weighted by atomic mass is 9.33. The molecule has 312 valence electrons. The Hall–Kier alpha value is -5.80. The van der Waals surface area contributed by atoms with Crippen LogP contribution in [0.5, 0.6) is 0 Å². The normalized spacial score (nSPS) is 13.8. The number of rotatable bonds is 4. The maximum absolute atomic E-state index is 2.61. The molecule has 7 aromatic carbocycles. The SMILES string of the molecule is Cc1cc2c3c(c1)N(c1cc(C(C)(C)C)cc(C(C)(C)C)c1)c1cc(-c4ccccc4)ccc1B3c1ccc(-c3ccccc3)cc1N2c1cc(C(C)(C)C)cc(C(C)(C)C)c1. The summed E-state index contributed by atoms with van der Waals surface area (Å²) in [5.74, 6) is 0. The molecule has 62 heavy (non-hydrogen) atoms. The standard InChI is InChI=1S/C59H63BN2/c1-38-28-53-55-54(29-38)62(48-36-45(58(8,9)10)33-46(37-48)59(11,12)13)52-31-42(40-22-18-15-19-23-40)25-27-50(52)60(55)49-26-24-41(39-20-16-14-17-21-39)30-51(49)61(53)47-34-43(56(2,3)4)32-44(35-47)57(5,6)7/h14-37H,1-13H3. The summed E-state index contributed by atoms with van der Waals surface area (Å²) in [6.45, 7) is 30.4. The predicted octanol–water partition coefficient (Wildman–Crippen LogP) is 14.6. The molecule has 2 aliphatic rings. The number of nitrogens with zero attached hydrogens (tertiary/aromatic N) is 2. The van der Waals surface area contributed by atoms with Crippen LogP contribution < -0.4 is 26.2 Å². The van der Waals surface area contributed by atoms with Crippen LogP contribution in [0.4, 0.5) is 34.1 Å². The van der Waals surface area contributed by atoms with E-state index in [0.29, 0.717) is 0 Å². The molecule has 2 nitrogen and oxygen atoms in total. The maximum atomic E-state index is 2.61. The summed E-state index contributed by atoms with van der Waals surface area (Å²) in [4.78, 5) is 5.23. The molecule has 0 aliphatic carbocycles. The van der Waals surface area contributed by atoms with Crippen molar-refractivity contribution in [2.24, 2.45) is 0 Å². The van der Waals surface area contributed by atoms with E-state index < -0.39 is 0 Å². The van der Waals surface area contributed by atoms with E-state index in [4.69, 9.17) is 0 Å². The minimum Gasteiger partial charge on any atom is -0.311 e. The first-order chi connectivity index (χ1) is 29.2. The van der Waals surface area contributed by atoms with Gasteiger partial charge >= 0.3 is 0 Å². The summed E-state index contributed by atoms with van der Waals surface area (Å²) >= 11 is 0. The Bertz CT molecular complexity index is 2590. The first kappa shape index (κ1) is 41.6. The second-order valence-corrected chi connectivity index (χ2v) is 22.1. The Morgan fingerprint density at radius 3 is 1.00 bits per heavy atom. The summed E-state index contributed by atoms with van der Waals surface area (Å²) in [7, 11) is 0. The van der Waals surface area contributed by atoms with Crippen molar-refractivity contribution in [2.45, 2.75) is 112 Å². The molecule has 0 spiro atoms. The van der Waals surface area contributed by atoms with Crippen molar-refractivity contribution in [1.82, 2.24) is 0 Å². The highest BCUT2D eigenvalue weighted by Gasteiger charge is 2.44.